The number of piperidine rings is 1. The summed E-state index contributed by atoms with van der Waals surface area (Å²) in [5.74, 6) is 2.32. The van der Waals surface area contributed by atoms with Crippen LogP contribution in [0.1, 0.15) is 24.7 Å². The minimum absolute atomic E-state index is 0.213. The number of aromatic nitrogens is 3. The van der Waals surface area contributed by atoms with Gasteiger partial charge in [0.1, 0.15) is 5.82 Å². The third-order valence-electron chi connectivity index (χ3n) is 4.31. The maximum absolute atomic E-state index is 6.14. The van der Waals surface area contributed by atoms with Crippen molar-refractivity contribution in [1.82, 2.24) is 15.2 Å². The van der Waals surface area contributed by atoms with Gasteiger partial charge in [-0.05, 0) is 24.3 Å². The summed E-state index contributed by atoms with van der Waals surface area (Å²) in [7, 11) is 0. The quantitative estimate of drug-likeness (QED) is 0.898. The molecule has 21 heavy (non-hydrogen) atoms. The Bertz CT molecular complexity index is 565. The van der Waals surface area contributed by atoms with Gasteiger partial charge < -0.3 is 10.6 Å². The fourth-order valence-electron chi connectivity index (χ4n) is 2.73. The van der Waals surface area contributed by atoms with Crippen LogP contribution in [0.3, 0.4) is 0 Å². The van der Waals surface area contributed by atoms with Gasteiger partial charge in [-0.15, -0.1) is 5.10 Å². The van der Waals surface area contributed by atoms with E-state index in [0.29, 0.717) is 5.92 Å². The Morgan fingerprint density at radius 2 is 2.10 bits per heavy atom. The number of anilines is 1. The van der Waals surface area contributed by atoms with E-state index in [1.807, 2.05) is 6.07 Å². The van der Waals surface area contributed by atoms with Gasteiger partial charge in [-0.25, -0.2) is 0 Å². The molecule has 1 aromatic heterocycles. The highest BCUT2D eigenvalue weighted by Crippen LogP contribution is 2.19. The molecule has 3 rings (SSSR count). The van der Waals surface area contributed by atoms with E-state index in [-0.39, 0.29) is 6.04 Å². The van der Waals surface area contributed by atoms with Crippen molar-refractivity contribution < 1.29 is 0 Å². The second-order valence-corrected chi connectivity index (χ2v) is 5.94. The number of nitrogens with one attached hydrogen (secondary N) is 1. The van der Waals surface area contributed by atoms with Gasteiger partial charge in [-0.1, -0.05) is 37.3 Å². The van der Waals surface area contributed by atoms with Crippen LogP contribution in [0.2, 0.25) is 0 Å². The van der Waals surface area contributed by atoms with Gasteiger partial charge in [0, 0.05) is 25.6 Å². The number of nitrogens with two attached hydrogens (primary N) is 1. The first kappa shape index (κ1) is 14.1. The molecule has 0 aliphatic carbocycles. The van der Waals surface area contributed by atoms with Crippen molar-refractivity contribution >= 4 is 5.95 Å². The summed E-state index contributed by atoms with van der Waals surface area (Å²) < 4.78 is 0. The summed E-state index contributed by atoms with van der Waals surface area (Å²) in [6.07, 6.45) is 2.97. The molecule has 0 radical (unpaired) electrons. The Morgan fingerprint density at radius 1 is 1.29 bits per heavy atom. The number of aromatic amines is 1. The Labute approximate surface area is 125 Å². The van der Waals surface area contributed by atoms with E-state index in [1.54, 1.807) is 0 Å². The highest BCUT2D eigenvalue weighted by Gasteiger charge is 2.25. The van der Waals surface area contributed by atoms with Gasteiger partial charge >= 0.3 is 0 Å². The van der Waals surface area contributed by atoms with Crippen LogP contribution in [0.5, 0.6) is 0 Å². The Morgan fingerprint density at radius 3 is 2.86 bits per heavy atom. The van der Waals surface area contributed by atoms with Crippen molar-refractivity contribution in [3.05, 3.63) is 41.7 Å². The van der Waals surface area contributed by atoms with E-state index >= 15 is 0 Å². The predicted octanol–water partition coefficient (Wildman–Crippen LogP) is 1.76. The van der Waals surface area contributed by atoms with Crippen LogP contribution in [0.15, 0.2) is 30.3 Å². The van der Waals surface area contributed by atoms with Crippen LogP contribution in [0, 0.1) is 5.92 Å². The number of hydrogen-bond donors (Lipinski definition) is 2. The summed E-state index contributed by atoms with van der Waals surface area (Å²) in [4.78, 5) is 6.80. The van der Waals surface area contributed by atoms with E-state index in [0.717, 1.165) is 44.1 Å². The molecule has 1 saturated heterocycles. The molecule has 0 amide bonds. The van der Waals surface area contributed by atoms with E-state index in [4.69, 9.17) is 5.73 Å². The smallest absolute Gasteiger partial charge is 0.244 e. The first-order valence-corrected chi connectivity index (χ1v) is 7.68. The molecule has 1 aliphatic rings. The number of aryl methyl sites for hydroxylation is 2. The van der Waals surface area contributed by atoms with Gasteiger partial charge in [-0.3, -0.25) is 5.10 Å². The van der Waals surface area contributed by atoms with Crippen molar-refractivity contribution in [3.63, 3.8) is 0 Å². The lowest BCUT2D eigenvalue weighted by Crippen LogP contribution is -2.48. The van der Waals surface area contributed by atoms with Crippen LogP contribution in [0.4, 0.5) is 5.95 Å². The van der Waals surface area contributed by atoms with Crippen molar-refractivity contribution in [1.29, 1.82) is 0 Å². The zero-order valence-corrected chi connectivity index (χ0v) is 12.5. The van der Waals surface area contributed by atoms with Gasteiger partial charge in [-0.2, -0.15) is 4.98 Å². The van der Waals surface area contributed by atoms with Gasteiger partial charge in [0.05, 0.1) is 0 Å². The molecule has 1 fully saturated rings. The van der Waals surface area contributed by atoms with E-state index in [1.165, 1.54) is 5.56 Å². The van der Waals surface area contributed by atoms with Crippen LogP contribution < -0.4 is 10.6 Å². The summed E-state index contributed by atoms with van der Waals surface area (Å²) in [5.41, 5.74) is 7.46. The Kier molecular flexibility index (Phi) is 4.20. The van der Waals surface area contributed by atoms with E-state index in [9.17, 15) is 0 Å². The largest absolute Gasteiger partial charge is 0.338 e. The number of nitrogens with zero attached hydrogens (tertiary/aromatic N) is 3. The third-order valence-corrected chi connectivity index (χ3v) is 4.31. The average molecular weight is 285 g/mol. The second kappa shape index (κ2) is 6.26. The molecule has 2 aromatic rings. The van der Waals surface area contributed by atoms with Crippen molar-refractivity contribution in [2.75, 3.05) is 18.0 Å². The lowest BCUT2D eigenvalue weighted by Gasteiger charge is -2.34. The molecule has 0 bridgehead atoms. The molecule has 1 aliphatic heterocycles. The standard InChI is InChI=1S/C16H23N5/c1-12-9-10-21(11-14(12)17)16-18-15(19-20-16)8-7-13-5-3-2-4-6-13/h2-6,12,14H,7-11,17H2,1H3,(H,18,19,20). The Balaban J connectivity index is 1.59. The lowest BCUT2D eigenvalue weighted by molar-refractivity contribution is 0.376. The SMILES string of the molecule is CC1CCN(c2n[nH]c(CCc3ccccc3)n2)CC1N. The number of rotatable bonds is 4. The summed E-state index contributed by atoms with van der Waals surface area (Å²) in [5, 5.41) is 7.40. The summed E-state index contributed by atoms with van der Waals surface area (Å²) in [6.45, 7) is 4.05. The molecule has 5 nitrogen and oxygen atoms in total. The average Bonchev–Trinajstić information content (AvgIpc) is 2.98. The first-order chi connectivity index (χ1) is 10.2. The molecule has 0 saturated carbocycles. The van der Waals surface area contributed by atoms with Crippen molar-refractivity contribution in [3.8, 4) is 0 Å². The molecule has 0 spiro atoms. The maximum atomic E-state index is 6.14. The number of hydrogen-bond acceptors (Lipinski definition) is 4. The molecule has 2 heterocycles. The molecule has 3 N–H and O–H groups in total. The number of H-pyrrole nitrogens is 1. The normalized spacial score (nSPS) is 22.5. The van der Waals surface area contributed by atoms with E-state index in [2.05, 4.69) is 51.3 Å². The van der Waals surface area contributed by atoms with Crippen LogP contribution >= 0.6 is 0 Å². The number of benzene rings is 1. The Hall–Kier alpha value is -1.88. The molecule has 2 unspecified atom stereocenters. The topological polar surface area (TPSA) is 70.8 Å². The maximum Gasteiger partial charge on any atom is 0.244 e. The van der Waals surface area contributed by atoms with E-state index < -0.39 is 0 Å². The fourth-order valence-corrected chi connectivity index (χ4v) is 2.73. The lowest BCUT2D eigenvalue weighted by atomic mass is 9.95. The van der Waals surface area contributed by atoms with Gasteiger partial charge in [0.2, 0.25) is 5.95 Å². The summed E-state index contributed by atoms with van der Waals surface area (Å²) >= 11 is 0. The monoisotopic (exact) mass is 285 g/mol. The fraction of sp³-hybridized carbons (Fsp3) is 0.500. The van der Waals surface area contributed by atoms with Gasteiger partial charge in [0.25, 0.3) is 0 Å². The summed E-state index contributed by atoms with van der Waals surface area (Å²) in [6, 6.07) is 10.7. The van der Waals surface area contributed by atoms with Gasteiger partial charge in [0.15, 0.2) is 0 Å². The van der Waals surface area contributed by atoms with Crippen molar-refractivity contribution in [2.45, 2.75) is 32.2 Å². The minimum atomic E-state index is 0.213. The molecular formula is C16H23N5. The zero-order chi connectivity index (χ0) is 14.7. The second-order valence-electron chi connectivity index (χ2n) is 5.94. The highest BCUT2D eigenvalue weighted by atomic mass is 15.4. The zero-order valence-electron chi connectivity index (χ0n) is 12.5. The minimum Gasteiger partial charge on any atom is -0.338 e. The molecule has 1 aromatic carbocycles. The molecule has 2 atom stereocenters. The third kappa shape index (κ3) is 3.42. The predicted molar refractivity (Wildman–Crippen MR) is 84.2 cm³/mol. The van der Waals surface area contributed by atoms with Crippen LogP contribution in [-0.4, -0.2) is 34.3 Å². The first-order valence-electron chi connectivity index (χ1n) is 7.68. The van der Waals surface area contributed by atoms with Crippen LogP contribution in [-0.2, 0) is 12.8 Å². The van der Waals surface area contributed by atoms with Crippen molar-refractivity contribution in [2.24, 2.45) is 11.7 Å². The van der Waals surface area contributed by atoms with Crippen LogP contribution in [0.25, 0.3) is 0 Å². The molecule has 112 valence electrons. The molecule has 5 heteroatoms. The molecular weight excluding hydrogens is 262 g/mol. The highest BCUT2D eigenvalue weighted by molar-refractivity contribution is 5.30.